The number of halogens is 1. The van der Waals surface area contributed by atoms with Gasteiger partial charge in [0.2, 0.25) is 0 Å². The lowest BCUT2D eigenvalue weighted by molar-refractivity contribution is -0.143. The molecular weight excluding hydrogens is 176 g/mol. The Hall–Kier alpha value is -0.500. The van der Waals surface area contributed by atoms with E-state index in [9.17, 15) is 4.79 Å². The SMILES string of the molecule is O=C1O[C@@H]2C(Cl)=C[C@H]3C[C@@H]2[C@@H]1C3. The van der Waals surface area contributed by atoms with Crippen molar-refractivity contribution in [2.24, 2.45) is 17.8 Å². The van der Waals surface area contributed by atoms with Gasteiger partial charge in [-0.25, -0.2) is 0 Å². The fourth-order valence-electron chi connectivity index (χ4n) is 2.73. The smallest absolute Gasteiger partial charge is 0.310 e. The fourth-order valence-corrected chi connectivity index (χ4v) is 3.12. The van der Waals surface area contributed by atoms with Gasteiger partial charge in [0.15, 0.2) is 0 Å². The van der Waals surface area contributed by atoms with Crippen molar-refractivity contribution < 1.29 is 9.53 Å². The quantitative estimate of drug-likeness (QED) is 0.536. The van der Waals surface area contributed by atoms with Gasteiger partial charge in [-0.15, -0.1) is 0 Å². The summed E-state index contributed by atoms with van der Waals surface area (Å²) in [5, 5.41) is 0.754. The van der Waals surface area contributed by atoms with Crippen molar-refractivity contribution in [3.63, 3.8) is 0 Å². The van der Waals surface area contributed by atoms with Gasteiger partial charge in [0, 0.05) is 5.92 Å². The van der Waals surface area contributed by atoms with Crippen molar-refractivity contribution in [1.29, 1.82) is 0 Å². The van der Waals surface area contributed by atoms with Gasteiger partial charge in [0.05, 0.1) is 11.0 Å². The average Bonchev–Trinajstić information content (AvgIpc) is 2.48. The van der Waals surface area contributed by atoms with Crippen LogP contribution in [0.5, 0.6) is 0 Å². The summed E-state index contributed by atoms with van der Waals surface area (Å²) in [6.45, 7) is 0. The van der Waals surface area contributed by atoms with Gasteiger partial charge in [0.1, 0.15) is 6.10 Å². The van der Waals surface area contributed by atoms with E-state index in [2.05, 4.69) is 6.08 Å². The molecule has 0 aromatic rings. The lowest BCUT2D eigenvalue weighted by Gasteiger charge is -2.21. The van der Waals surface area contributed by atoms with Gasteiger partial charge in [0.25, 0.3) is 0 Å². The van der Waals surface area contributed by atoms with Crippen LogP contribution >= 0.6 is 11.6 Å². The minimum atomic E-state index is -0.0945. The molecule has 4 atom stereocenters. The first-order valence-electron chi connectivity index (χ1n) is 4.33. The molecule has 1 heterocycles. The van der Waals surface area contributed by atoms with Crippen molar-refractivity contribution in [2.45, 2.75) is 18.9 Å². The van der Waals surface area contributed by atoms with Crippen molar-refractivity contribution in [2.75, 3.05) is 0 Å². The van der Waals surface area contributed by atoms with E-state index in [4.69, 9.17) is 16.3 Å². The summed E-state index contributed by atoms with van der Waals surface area (Å²) >= 11 is 5.99. The summed E-state index contributed by atoms with van der Waals surface area (Å²) in [4.78, 5) is 11.3. The Bertz CT molecular complexity index is 284. The summed E-state index contributed by atoms with van der Waals surface area (Å²) in [6.07, 6.45) is 4.02. The molecule has 3 rings (SSSR count). The molecule has 0 aromatic heterocycles. The third kappa shape index (κ3) is 0.692. The van der Waals surface area contributed by atoms with Crippen LogP contribution in [0.25, 0.3) is 0 Å². The molecule has 0 amide bonds. The zero-order valence-corrected chi connectivity index (χ0v) is 7.25. The van der Waals surface area contributed by atoms with Gasteiger partial charge in [-0.3, -0.25) is 4.79 Å². The van der Waals surface area contributed by atoms with Gasteiger partial charge in [-0.2, -0.15) is 0 Å². The molecule has 64 valence electrons. The normalized spacial score (nSPS) is 49.1. The Morgan fingerprint density at radius 3 is 3.17 bits per heavy atom. The molecule has 1 saturated heterocycles. The number of carbonyl (C=O) groups is 1. The molecule has 0 N–H and O–H groups in total. The maximum atomic E-state index is 11.3. The Morgan fingerprint density at radius 2 is 2.33 bits per heavy atom. The van der Waals surface area contributed by atoms with Crippen LogP contribution in [-0.2, 0) is 9.53 Å². The van der Waals surface area contributed by atoms with Crippen molar-refractivity contribution in [3.8, 4) is 0 Å². The number of allylic oxidation sites excluding steroid dienone is 1. The highest BCUT2D eigenvalue weighted by molar-refractivity contribution is 6.30. The van der Waals surface area contributed by atoms with Crippen LogP contribution in [0.3, 0.4) is 0 Å². The fraction of sp³-hybridized carbons (Fsp3) is 0.667. The summed E-state index contributed by atoms with van der Waals surface area (Å²) in [5.41, 5.74) is 0. The van der Waals surface area contributed by atoms with Gasteiger partial charge in [-0.05, 0) is 18.8 Å². The molecule has 2 aliphatic carbocycles. The van der Waals surface area contributed by atoms with Gasteiger partial charge >= 0.3 is 5.97 Å². The summed E-state index contributed by atoms with van der Waals surface area (Å²) in [5.74, 6) is 1.04. The molecule has 1 saturated carbocycles. The number of esters is 1. The first-order chi connectivity index (χ1) is 5.75. The van der Waals surface area contributed by atoms with Crippen molar-refractivity contribution >= 4 is 17.6 Å². The lowest BCUT2D eigenvalue weighted by Crippen LogP contribution is -2.20. The van der Waals surface area contributed by atoms with E-state index in [1.165, 1.54) is 0 Å². The number of hydrogen-bond acceptors (Lipinski definition) is 2. The second-order valence-corrected chi connectivity index (χ2v) is 4.35. The first kappa shape index (κ1) is 6.96. The predicted octanol–water partition coefficient (Wildman–Crippen LogP) is 1.69. The molecule has 2 bridgehead atoms. The molecule has 0 radical (unpaired) electrons. The molecular formula is C9H9ClO2. The third-order valence-electron chi connectivity index (χ3n) is 3.25. The van der Waals surface area contributed by atoms with Crippen LogP contribution in [0.4, 0.5) is 0 Å². The van der Waals surface area contributed by atoms with Crippen LogP contribution in [0.2, 0.25) is 0 Å². The Balaban J connectivity index is 2.08. The second kappa shape index (κ2) is 2.05. The number of carbonyl (C=O) groups excluding carboxylic acids is 1. The maximum Gasteiger partial charge on any atom is 0.310 e. The topological polar surface area (TPSA) is 26.3 Å². The van der Waals surface area contributed by atoms with Crippen LogP contribution < -0.4 is 0 Å². The Morgan fingerprint density at radius 1 is 1.50 bits per heavy atom. The van der Waals surface area contributed by atoms with Crippen LogP contribution in [0.1, 0.15) is 12.8 Å². The summed E-state index contributed by atoms with van der Waals surface area (Å²) < 4.78 is 5.19. The maximum absolute atomic E-state index is 11.3. The molecule has 2 fully saturated rings. The molecule has 1 aliphatic heterocycles. The summed E-state index contributed by atoms with van der Waals surface area (Å²) in [6, 6.07) is 0. The zero-order valence-electron chi connectivity index (χ0n) is 6.50. The number of ether oxygens (including phenoxy) is 1. The molecule has 3 aliphatic rings. The van der Waals surface area contributed by atoms with E-state index in [0.717, 1.165) is 17.9 Å². The monoisotopic (exact) mass is 184 g/mol. The number of hydrogen-bond donors (Lipinski definition) is 0. The van der Waals surface area contributed by atoms with Crippen molar-refractivity contribution in [3.05, 3.63) is 11.1 Å². The molecule has 3 heteroatoms. The van der Waals surface area contributed by atoms with E-state index < -0.39 is 0 Å². The third-order valence-corrected chi connectivity index (χ3v) is 3.59. The molecule has 0 aromatic carbocycles. The highest BCUT2D eigenvalue weighted by Crippen LogP contribution is 2.51. The number of rotatable bonds is 0. The van der Waals surface area contributed by atoms with Gasteiger partial charge in [-0.1, -0.05) is 17.7 Å². The molecule has 12 heavy (non-hydrogen) atoms. The Kier molecular flexibility index (Phi) is 1.19. The highest BCUT2D eigenvalue weighted by atomic mass is 35.5. The van der Waals surface area contributed by atoms with Crippen LogP contribution in [0, 0.1) is 17.8 Å². The average molecular weight is 185 g/mol. The zero-order chi connectivity index (χ0) is 8.29. The van der Waals surface area contributed by atoms with E-state index in [1.807, 2.05) is 0 Å². The van der Waals surface area contributed by atoms with E-state index in [0.29, 0.717) is 11.8 Å². The van der Waals surface area contributed by atoms with Crippen molar-refractivity contribution in [1.82, 2.24) is 0 Å². The molecule has 2 nitrogen and oxygen atoms in total. The van der Waals surface area contributed by atoms with E-state index >= 15 is 0 Å². The van der Waals surface area contributed by atoms with Crippen LogP contribution in [0.15, 0.2) is 11.1 Å². The van der Waals surface area contributed by atoms with Crippen LogP contribution in [-0.4, -0.2) is 12.1 Å². The molecule has 0 unspecified atom stereocenters. The Labute approximate surface area is 75.5 Å². The number of fused-ring (bicyclic) bond motifs is 1. The first-order valence-corrected chi connectivity index (χ1v) is 4.71. The van der Waals surface area contributed by atoms with E-state index in [1.54, 1.807) is 0 Å². The standard InChI is InChI=1S/C9H9ClO2/c10-7-3-4-1-5-6(2-4)9(11)12-8(5)7/h3-6,8H,1-2H2/t4-,5+,6-,8-/m0/s1. The second-order valence-electron chi connectivity index (χ2n) is 3.91. The molecule has 0 spiro atoms. The van der Waals surface area contributed by atoms with E-state index in [-0.39, 0.29) is 18.0 Å². The summed E-state index contributed by atoms with van der Waals surface area (Å²) in [7, 11) is 0. The highest BCUT2D eigenvalue weighted by Gasteiger charge is 2.53. The minimum Gasteiger partial charge on any atom is -0.456 e. The lowest BCUT2D eigenvalue weighted by atomic mass is 9.91. The predicted molar refractivity (Wildman–Crippen MR) is 43.5 cm³/mol. The largest absolute Gasteiger partial charge is 0.456 e. The minimum absolute atomic E-state index is 0.0289. The van der Waals surface area contributed by atoms with Gasteiger partial charge < -0.3 is 4.74 Å².